The van der Waals surface area contributed by atoms with Crippen LogP contribution in [-0.4, -0.2) is 54.1 Å². The average Bonchev–Trinajstić information content (AvgIpc) is 3.42. The molecule has 0 radical (unpaired) electrons. The third kappa shape index (κ3) is 3.43. The second kappa shape index (κ2) is 7.27. The molecular formula is C19H21ClN6O2. The molecule has 1 saturated heterocycles. The zero-order valence-electron chi connectivity index (χ0n) is 15.2. The first-order valence-electron chi connectivity index (χ1n) is 9.49. The largest absolute Gasteiger partial charge is 0.391 e. The van der Waals surface area contributed by atoms with Crippen molar-refractivity contribution < 1.29 is 9.63 Å². The normalized spacial score (nSPS) is 27.8. The molecule has 0 amide bonds. The lowest BCUT2D eigenvalue weighted by atomic mass is 9.77. The van der Waals surface area contributed by atoms with Gasteiger partial charge < -0.3 is 9.63 Å². The molecule has 146 valence electrons. The summed E-state index contributed by atoms with van der Waals surface area (Å²) < 4.78 is 7.25. The minimum absolute atomic E-state index is 0.00334. The number of nitrogens with zero attached hydrogens (tertiary/aromatic N) is 6. The lowest BCUT2D eigenvalue weighted by Crippen LogP contribution is -2.36. The van der Waals surface area contributed by atoms with Crippen molar-refractivity contribution >= 4 is 11.6 Å². The van der Waals surface area contributed by atoms with Gasteiger partial charge >= 0.3 is 0 Å². The number of aliphatic hydroxyl groups is 1. The Labute approximate surface area is 167 Å². The van der Waals surface area contributed by atoms with E-state index in [0.717, 1.165) is 31.5 Å². The Hall–Kier alpha value is -2.29. The quantitative estimate of drug-likeness (QED) is 0.718. The Bertz CT molecular complexity index is 928. The predicted molar refractivity (Wildman–Crippen MR) is 101 cm³/mol. The number of benzene rings is 1. The highest BCUT2D eigenvalue weighted by Crippen LogP contribution is 2.41. The van der Waals surface area contributed by atoms with Crippen LogP contribution in [-0.2, 0) is 6.54 Å². The number of hydrogen-bond donors (Lipinski definition) is 1. The minimum Gasteiger partial charge on any atom is -0.391 e. The summed E-state index contributed by atoms with van der Waals surface area (Å²) >= 11 is 5.93. The van der Waals surface area contributed by atoms with Crippen molar-refractivity contribution in [1.82, 2.24) is 29.8 Å². The number of halogens is 1. The van der Waals surface area contributed by atoms with Gasteiger partial charge in [-0.1, -0.05) is 16.8 Å². The molecule has 4 atom stereocenters. The van der Waals surface area contributed by atoms with Gasteiger partial charge in [0.2, 0.25) is 11.7 Å². The van der Waals surface area contributed by atoms with E-state index in [1.807, 2.05) is 24.3 Å². The van der Waals surface area contributed by atoms with Gasteiger partial charge in [-0.05, 0) is 48.9 Å². The summed E-state index contributed by atoms with van der Waals surface area (Å²) in [7, 11) is 0. The first-order valence-corrected chi connectivity index (χ1v) is 9.86. The topological polar surface area (TPSA) is 93.1 Å². The zero-order chi connectivity index (χ0) is 19.1. The third-order valence-electron chi connectivity index (χ3n) is 5.89. The SMILES string of the molecule is O[C@@H]1C[C@H]2CN(Cc3nc(-c4ccc(Cl)cc4)no3)C[C@H]2C[C@H]1n1cncn1. The van der Waals surface area contributed by atoms with E-state index in [0.29, 0.717) is 35.1 Å². The van der Waals surface area contributed by atoms with Crippen LogP contribution in [0.2, 0.25) is 5.02 Å². The van der Waals surface area contributed by atoms with Gasteiger partial charge in [-0.2, -0.15) is 10.1 Å². The monoisotopic (exact) mass is 400 g/mol. The maximum absolute atomic E-state index is 10.6. The van der Waals surface area contributed by atoms with Crippen LogP contribution in [0.5, 0.6) is 0 Å². The molecule has 2 aromatic heterocycles. The molecule has 8 nitrogen and oxygen atoms in total. The molecule has 1 aromatic carbocycles. The molecule has 3 aromatic rings. The zero-order valence-corrected chi connectivity index (χ0v) is 16.0. The number of fused-ring (bicyclic) bond motifs is 1. The molecule has 0 bridgehead atoms. The van der Waals surface area contributed by atoms with Crippen molar-refractivity contribution in [2.24, 2.45) is 11.8 Å². The van der Waals surface area contributed by atoms with Crippen LogP contribution < -0.4 is 0 Å². The van der Waals surface area contributed by atoms with E-state index >= 15 is 0 Å². The molecule has 1 N–H and O–H groups in total. The summed E-state index contributed by atoms with van der Waals surface area (Å²) in [4.78, 5) is 10.9. The van der Waals surface area contributed by atoms with E-state index in [1.54, 1.807) is 11.0 Å². The minimum atomic E-state index is -0.386. The van der Waals surface area contributed by atoms with Gasteiger partial charge in [0.25, 0.3) is 0 Å². The van der Waals surface area contributed by atoms with E-state index in [1.165, 1.54) is 6.33 Å². The maximum Gasteiger partial charge on any atom is 0.241 e. The summed E-state index contributed by atoms with van der Waals surface area (Å²) in [6, 6.07) is 7.40. The second-order valence-electron chi connectivity index (χ2n) is 7.71. The molecule has 28 heavy (non-hydrogen) atoms. The Balaban J connectivity index is 1.24. The van der Waals surface area contributed by atoms with Gasteiger partial charge in [-0.3, -0.25) is 4.90 Å². The van der Waals surface area contributed by atoms with E-state index in [9.17, 15) is 5.11 Å². The molecule has 5 rings (SSSR count). The molecule has 3 heterocycles. The summed E-state index contributed by atoms with van der Waals surface area (Å²) in [5, 5.41) is 19.5. The van der Waals surface area contributed by atoms with Gasteiger partial charge in [0.05, 0.1) is 18.7 Å². The van der Waals surface area contributed by atoms with Gasteiger partial charge in [0, 0.05) is 23.7 Å². The average molecular weight is 401 g/mol. The molecule has 9 heteroatoms. The van der Waals surface area contributed by atoms with Gasteiger partial charge in [0.1, 0.15) is 12.7 Å². The van der Waals surface area contributed by atoms with Crippen molar-refractivity contribution in [2.75, 3.05) is 13.1 Å². The van der Waals surface area contributed by atoms with Crippen LogP contribution >= 0.6 is 11.6 Å². The van der Waals surface area contributed by atoms with Crippen LogP contribution in [0.25, 0.3) is 11.4 Å². The first kappa shape index (κ1) is 17.8. The first-order chi connectivity index (χ1) is 13.7. The Morgan fingerprint density at radius 2 is 1.93 bits per heavy atom. The summed E-state index contributed by atoms with van der Waals surface area (Å²) in [5.74, 6) is 2.19. The summed E-state index contributed by atoms with van der Waals surface area (Å²) in [6.07, 6.45) is 4.52. The van der Waals surface area contributed by atoms with Gasteiger partial charge in [-0.15, -0.1) is 0 Å². The second-order valence-corrected chi connectivity index (χ2v) is 8.15. The Kier molecular flexibility index (Phi) is 4.62. The van der Waals surface area contributed by atoms with Crippen molar-refractivity contribution in [3.63, 3.8) is 0 Å². The number of likely N-dealkylation sites (tertiary alicyclic amines) is 1. The Morgan fingerprint density at radius 1 is 1.14 bits per heavy atom. The molecule has 0 unspecified atom stereocenters. The van der Waals surface area contributed by atoms with Crippen LogP contribution in [0.15, 0.2) is 41.4 Å². The fourth-order valence-corrected chi connectivity index (χ4v) is 4.66. The standard InChI is InChI=1S/C19H21ClN6O2/c20-15-3-1-12(2-4-15)19-23-18(28-24-19)9-25-7-13-5-16(26-11-21-10-22-26)17(27)6-14(13)8-25/h1-4,10-11,13-14,16-17,27H,5-9H2/t13-,14+,16-,17-/m1/s1. The van der Waals surface area contributed by atoms with Gasteiger partial charge in [0.15, 0.2) is 0 Å². The van der Waals surface area contributed by atoms with E-state index in [2.05, 4.69) is 25.1 Å². The van der Waals surface area contributed by atoms with Crippen molar-refractivity contribution in [2.45, 2.75) is 31.5 Å². The smallest absolute Gasteiger partial charge is 0.241 e. The number of rotatable bonds is 4. The molecule has 1 aliphatic carbocycles. The van der Waals surface area contributed by atoms with E-state index in [-0.39, 0.29) is 12.1 Å². The maximum atomic E-state index is 10.6. The lowest BCUT2D eigenvalue weighted by Gasteiger charge is -2.35. The van der Waals surface area contributed by atoms with Crippen LogP contribution in [0.1, 0.15) is 24.8 Å². The summed E-state index contributed by atoms with van der Waals surface area (Å²) in [5.41, 5.74) is 0.883. The fraction of sp³-hybridized carbons (Fsp3) is 0.474. The van der Waals surface area contributed by atoms with Crippen molar-refractivity contribution in [3.05, 3.63) is 47.8 Å². The number of hydrogen-bond acceptors (Lipinski definition) is 7. The Morgan fingerprint density at radius 3 is 2.68 bits per heavy atom. The highest BCUT2D eigenvalue weighted by atomic mass is 35.5. The van der Waals surface area contributed by atoms with E-state index < -0.39 is 0 Å². The molecule has 2 aliphatic rings. The molecule has 2 fully saturated rings. The number of aliphatic hydroxyl groups excluding tert-OH is 1. The highest BCUT2D eigenvalue weighted by molar-refractivity contribution is 6.30. The van der Waals surface area contributed by atoms with Crippen molar-refractivity contribution in [1.29, 1.82) is 0 Å². The molecule has 1 saturated carbocycles. The lowest BCUT2D eigenvalue weighted by molar-refractivity contribution is 0.0304. The van der Waals surface area contributed by atoms with Gasteiger partial charge in [-0.25, -0.2) is 9.67 Å². The molecular weight excluding hydrogens is 380 g/mol. The fourth-order valence-electron chi connectivity index (χ4n) is 4.53. The third-order valence-corrected chi connectivity index (χ3v) is 6.14. The van der Waals surface area contributed by atoms with Crippen LogP contribution in [0.3, 0.4) is 0 Å². The van der Waals surface area contributed by atoms with E-state index in [4.69, 9.17) is 16.1 Å². The molecule has 1 aliphatic heterocycles. The highest BCUT2D eigenvalue weighted by Gasteiger charge is 2.42. The number of aromatic nitrogens is 5. The van der Waals surface area contributed by atoms with Crippen LogP contribution in [0, 0.1) is 11.8 Å². The summed E-state index contributed by atoms with van der Waals surface area (Å²) in [6.45, 7) is 2.52. The van der Waals surface area contributed by atoms with Crippen LogP contribution in [0.4, 0.5) is 0 Å². The molecule has 0 spiro atoms. The predicted octanol–water partition coefficient (Wildman–Crippen LogP) is 2.43. The van der Waals surface area contributed by atoms with Crippen molar-refractivity contribution in [3.8, 4) is 11.4 Å².